The molecule has 0 saturated carbocycles. The van der Waals surface area contributed by atoms with E-state index in [-0.39, 0.29) is 11.8 Å². The van der Waals surface area contributed by atoms with Crippen LogP contribution in [0, 0.1) is 5.92 Å². The number of piperidine rings is 1. The van der Waals surface area contributed by atoms with E-state index in [1.807, 2.05) is 36.1 Å². The summed E-state index contributed by atoms with van der Waals surface area (Å²) in [5.41, 5.74) is 2.65. The first-order valence-electron chi connectivity index (χ1n) is 9.61. The molecule has 27 heavy (non-hydrogen) atoms. The maximum absolute atomic E-state index is 12.7. The van der Waals surface area contributed by atoms with Crippen molar-refractivity contribution in [1.29, 1.82) is 0 Å². The van der Waals surface area contributed by atoms with Crippen LogP contribution in [0.15, 0.2) is 36.5 Å². The molecule has 0 aliphatic carbocycles. The van der Waals surface area contributed by atoms with Gasteiger partial charge in [0.1, 0.15) is 5.69 Å². The lowest BCUT2D eigenvalue weighted by molar-refractivity contribution is 0.0678. The summed E-state index contributed by atoms with van der Waals surface area (Å²) in [6.45, 7) is 4.27. The summed E-state index contributed by atoms with van der Waals surface area (Å²) in [5.74, 6) is 0.680. The van der Waals surface area contributed by atoms with Gasteiger partial charge in [-0.1, -0.05) is 12.1 Å². The van der Waals surface area contributed by atoms with E-state index in [0.717, 1.165) is 37.9 Å². The number of aromatic nitrogens is 2. The summed E-state index contributed by atoms with van der Waals surface area (Å²) in [6.07, 6.45) is 4.69. The predicted molar refractivity (Wildman–Crippen MR) is 105 cm³/mol. The molecule has 2 aromatic rings. The number of likely N-dealkylation sites (tertiary alicyclic amines) is 1. The highest BCUT2D eigenvalue weighted by Gasteiger charge is 2.25. The van der Waals surface area contributed by atoms with Crippen molar-refractivity contribution in [1.82, 2.24) is 19.6 Å². The van der Waals surface area contributed by atoms with Crippen molar-refractivity contribution < 1.29 is 9.59 Å². The highest BCUT2D eigenvalue weighted by molar-refractivity contribution is 5.94. The Balaban J connectivity index is 1.54. The van der Waals surface area contributed by atoms with Gasteiger partial charge < -0.3 is 9.80 Å². The van der Waals surface area contributed by atoms with Crippen molar-refractivity contribution in [3.8, 4) is 0 Å². The lowest BCUT2D eigenvalue weighted by atomic mass is 9.89. The van der Waals surface area contributed by atoms with Crippen LogP contribution in [0.25, 0.3) is 0 Å². The largest absolute Gasteiger partial charge is 0.345 e. The fraction of sp³-hybridized carbons (Fsp3) is 0.476. The van der Waals surface area contributed by atoms with E-state index in [9.17, 15) is 9.59 Å². The van der Waals surface area contributed by atoms with Crippen LogP contribution in [-0.4, -0.2) is 58.6 Å². The van der Waals surface area contributed by atoms with Gasteiger partial charge in [0.25, 0.3) is 11.8 Å². The summed E-state index contributed by atoms with van der Waals surface area (Å²) in [7, 11) is 3.53. The Bertz CT molecular complexity index is 787. The van der Waals surface area contributed by atoms with Gasteiger partial charge in [0.15, 0.2) is 0 Å². The molecule has 0 unspecified atom stereocenters. The van der Waals surface area contributed by atoms with Gasteiger partial charge in [0.05, 0.1) is 0 Å². The Morgan fingerprint density at radius 2 is 1.78 bits per heavy atom. The molecule has 6 nitrogen and oxygen atoms in total. The average molecular weight is 368 g/mol. The van der Waals surface area contributed by atoms with Crippen molar-refractivity contribution in [3.63, 3.8) is 0 Å². The van der Waals surface area contributed by atoms with Crippen molar-refractivity contribution >= 4 is 11.8 Å². The second-order valence-electron chi connectivity index (χ2n) is 7.37. The van der Waals surface area contributed by atoms with Crippen LogP contribution in [0.2, 0.25) is 0 Å². The highest BCUT2D eigenvalue weighted by Crippen LogP contribution is 2.23. The Morgan fingerprint density at radius 3 is 2.37 bits per heavy atom. The molecule has 1 aliphatic heterocycles. The third kappa shape index (κ3) is 4.38. The van der Waals surface area contributed by atoms with Gasteiger partial charge >= 0.3 is 0 Å². The number of benzene rings is 1. The van der Waals surface area contributed by atoms with Gasteiger partial charge in [0, 0.05) is 45.5 Å². The van der Waals surface area contributed by atoms with Gasteiger partial charge in [-0.05, 0) is 55.9 Å². The summed E-state index contributed by atoms with van der Waals surface area (Å²) in [5, 5.41) is 4.19. The molecule has 1 saturated heterocycles. The number of carbonyl (C=O) groups is 2. The Morgan fingerprint density at radius 1 is 1.11 bits per heavy atom. The van der Waals surface area contributed by atoms with E-state index in [2.05, 4.69) is 5.10 Å². The van der Waals surface area contributed by atoms with Crippen molar-refractivity contribution in [2.75, 3.05) is 27.2 Å². The average Bonchev–Trinajstić information content (AvgIpc) is 3.17. The molecule has 2 heterocycles. The van der Waals surface area contributed by atoms with Gasteiger partial charge in [-0.15, -0.1) is 0 Å². The van der Waals surface area contributed by atoms with E-state index < -0.39 is 0 Å². The normalized spacial score (nSPS) is 15.0. The van der Waals surface area contributed by atoms with Crippen LogP contribution in [0.1, 0.15) is 46.2 Å². The summed E-state index contributed by atoms with van der Waals surface area (Å²) >= 11 is 0. The highest BCUT2D eigenvalue weighted by atomic mass is 16.2. The molecule has 144 valence electrons. The van der Waals surface area contributed by atoms with E-state index in [0.29, 0.717) is 18.2 Å². The van der Waals surface area contributed by atoms with Crippen LogP contribution in [0.3, 0.4) is 0 Å². The van der Waals surface area contributed by atoms with E-state index >= 15 is 0 Å². The second-order valence-corrected chi connectivity index (χ2v) is 7.37. The van der Waals surface area contributed by atoms with Crippen LogP contribution in [-0.2, 0) is 13.0 Å². The fourth-order valence-corrected chi connectivity index (χ4v) is 3.64. The monoisotopic (exact) mass is 368 g/mol. The minimum Gasteiger partial charge on any atom is -0.345 e. The maximum Gasteiger partial charge on any atom is 0.272 e. The van der Waals surface area contributed by atoms with Gasteiger partial charge in [-0.2, -0.15) is 5.10 Å². The molecule has 0 spiro atoms. The molecule has 1 aliphatic rings. The topological polar surface area (TPSA) is 58.4 Å². The lowest BCUT2D eigenvalue weighted by Gasteiger charge is -2.32. The molecule has 0 bridgehead atoms. The third-order valence-corrected chi connectivity index (χ3v) is 5.27. The quantitative estimate of drug-likeness (QED) is 0.815. The zero-order valence-corrected chi connectivity index (χ0v) is 16.4. The van der Waals surface area contributed by atoms with Crippen molar-refractivity contribution in [3.05, 3.63) is 53.3 Å². The number of amides is 2. The first-order valence-corrected chi connectivity index (χ1v) is 9.61. The first kappa shape index (κ1) is 19.1. The van der Waals surface area contributed by atoms with E-state index in [1.165, 1.54) is 5.56 Å². The molecule has 3 rings (SSSR count). The number of carbonyl (C=O) groups excluding carboxylic acids is 2. The van der Waals surface area contributed by atoms with Gasteiger partial charge in [-0.3, -0.25) is 14.3 Å². The molecular weight excluding hydrogens is 340 g/mol. The van der Waals surface area contributed by atoms with E-state index in [4.69, 9.17) is 0 Å². The minimum absolute atomic E-state index is 0.0275. The third-order valence-electron chi connectivity index (χ3n) is 5.27. The zero-order chi connectivity index (χ0) is 19.4. The van der Waals surface area contributed by atoms with Crippen molar-refractivity contribution in [2.24, 2.45) is 5.92 Å². The smallest absolute Gasteiger partial charge is 0.272 e. The zero-order valence-electron chi connectivity index (χ0n) is 16.4. The van der Waals surface area contributed by atoms with E-state index in [1.54, 1.807) is 35.9 Å². The maximum atomic E-state index is 12.7. The van der Waals surface area contributed by atoms with Crippen LogP contribution >= 0.6 is 0 Å². The SMILES string of the molecule is CCn1nccc1C(=O)N1CCC(Cc2ccc(C(=O)N(C)C)cc2)CC1. The van der Waals surface area contributed by atoms with Crippen LogP contribution < -0.4 is 0 Å². The predicted octanol–water partition coefficient (Wildman–Crippen LogP) is 2.70. The fourth-order valence-electron chi connectivity index (χ4n) is 3.64. The standard InChI is InChI=1S/C21H28N4O2/c1-4-25-19(9-12-22-25)21(27)24-13-10-17(11-14-24)15-16-5-7-18(8-6-16)20(26)23(2)3/h5-9,12,17H,4,10-11,13-15H2,1-3H3. The molecule has 1 aromatic heterocycles. The summed E-state index contributed by atoms with van der Waals surface area (Å²) < 4.78 is 1.75. The summed E-state index contributed by atoms with van der Waals surface area (Å²) in [4.78, 5) is 28.2. The Labute approximate surface area is 160 Å². The number of nitrogens with zero attached hydrogens (tertiary/aromatic N) is 4. The van der Waals surface area contributed by atoms with Gasteiger partial charge in [-0.25, -0.2) is 0 Å². The number of hydrogen-bond donors (Lipinski definition) is 0. The molecule has 0 atom stereocenters. The molecule has 0 N–H and O–H groups in total. The number of rotatable bonds is 5. The first-order chi connectivity index (χ1) is 13.0. The molecular formula is C21H28N4O2. The Kier molecular flexibility index (Phi) is 5.94. The van der Waals surface area contributed by atoms with Gasteiger partial charge in [0.2, 0.25) is 0 Å². The van der Waals surface area contributed by atoms with Crippen LogP contribution in [0.4, 0.5) is 0 Å². The minimum atomic E-state index is 0.0275. The van der Waals surface area contributed by atoms with Crippen molar-refractivity contribution in [2.45, 2.75) is 32.7 Å². The molecule has 6 heteroatoms. The molecule has 0 radical (unpaired) electrons. The molecule has 1 aromatic carbocycles. The van der Waals surface area contributed by atoms with Crippen LogP contribution in [0.5, 0.6) is 0 Å². The second kappa shape index (κ2) is 8.37. The molecule has 2 amide bonds. The number of hydrogen-bond acceptors (Lipinski definition) is 3. The summed E-state index contributed by atoms with van der Waals surface area (Å²) in [6, 6.07) is 9.71. The lowest BCUT2D eigenvalue weighted by Crippen LogP contribution is -2.39. The molecule has 1 fully saturated rings. The Hall–Kier alpha value is -2.63. The number of aryl methyl sites for hydroxylation is 1.